The predicted molar refractivity (Wildman–Crippen MR) is 76.0 cm³/mol. The SMILES string of the molecule is NCC(Cc1cc(Br)ccc1F)c1cccc(F)c1. The molecule has 0 spiro atoms. The second kappa shape index (κ2) is 6.26. The smallest absolute Gasteiger partial charge is 0.126 e. The fraction of sp³-hybridized carbons (Fsp3) is 0.200. The van der Waals surface area contributed by atoms with Crippen LogP contribution in [0.1, 0.15) is 17.0 Å². The summed E-state index contributed by atoms with van der Waals surface area (Å²) in [7, 11) is 0. The average Bonchev–Trinajstić information content (AvgIpc) is 2.39. The molecule has 0 saturated carbocycles. The highest BCUT2D eigenvalue weighted by Gasteiger charge is 2.14. The molecule has 2 N–H and O–H groups in total. The molecule has 0 amide bonds. The Bertz CT molecular complexity index is 572. The zero-order valence-corrected chi connectivity index (χ0v) is 11.8. The summed E-state index contributed by atoms with van der Waals surface area (Å²) in [6, 6.07) is 11.1. The van der Waals surface area contributed by atoms with Crippen molar-refractivity contribution < 1.29 is 8.78 Å². The van der Waals surface area contributed by atoms with Crippen LogP contribution in [0.5, 0.6) is 0 Å². The molecule has 2 rings (SSSR count). The monoisotopic (exact) mass is 325 g/mol. The summed E-state index contributed by atoms with van der Waals surface area (Å²) in [5.41, 5.74) is 7.11. The largest absolute Gasteiger partial charge is 0.330 e. The van der Waals surface area contributed by atoms with Crippen LogP contribution in [0.4, 0.5) is 8.78 Å². The van der Waals surface area contributed by atoms with Crippen LogP contribution in [0.2, 0.25) is 0 Å². The molecule has 1 atom stereocenters. The lowest BCUT2D eigenvalue weighted by atomic mass is 9.92. The lowest BCUT2D eigenvalue weighted by Crippen LogP contribution is -2.16. The van der Waals surface area contributed by atoms with E-state index in [1.54, 1.807) is 18.2 Å². The normalized spacial score (nSPS) is 12.4. The molecule has 19 heavy (non-hydrogen) atoms. The van der Waals surface area contributed by atoms with E-state index in [1.807, 2.05) is 6.07 Å². The Morgan fingerprint density at radius 2 is 1.89 bits per heavy atom. The lowest BCUT2D eigenvalue weighted by molar-refractivity contribution is 0.585. The van der Waals surface area contributed by atoms with E-state index in [-0.39, 0.29) is 17.6 Å². The number of benzene rings is 2. The van der Waals surface area contributed by atoms with E-state index in [0.717, 1.165) is 10.0 Å². The van der Waals surface area contributed by atoms with Crippen molar-refractivity contribution in [2.75, 3.05) is 6.54 Å². The van der Waals surface area contributed by atoms with Crippen LogP contribution in [0.3, 0.4) is 0 Å². The van der Waals surface area contributed by atoms with Crippen molar-refractivity contribution in [3.63, 3.8) is 0 Å². The molecule has 0 radical (unpaired) electrons. The molecule has 0 saturated heterocycles. The minimum atomic E-state index is -0.300. The molecular formula is C15H14BrF2N. The molecule has 0 bridgehead atoms. The van der Waals surface area contributed by atoms with Gasteiger partial charge in [0, 0.05) is 10.4 Å². The Morgan fingerprint density at radius 1 is 1.11 bits per heavy atom. The van der Waals surface area contributed by atoms with Gasteiger partial charge in [0.05, 0.1) is 0 Å². The average molecular weight is 326 g/mol. The van der Waals surface area contributed by atoms with Crippen molar-refractivity contribution in [1.82, 2.24) is 0 Å². The first kappa shape index (κ1) is 14.2. The van der Waals surface area contributed by atoms with E-state index >= 15 is 0 Å². The molecule has 0 aromatic heterocycles. The first-order valence-electron chi connectivity index (χ1n) is 5.99. The molecule has 100 valence electrons. The molecule has 2 aromatic carbocycles. The van der Waals surface area contributed by atoms with Crippen LogP contribution < -0.4 is 5.73 Å². The summed E-state index contributed by atoms with van der Waals surface area (Å²) in [5.74, 6) is -0.664. The topological polar surface area (TPSA) is 26.0 Å². The molecule has 0 aliphatic rings. The van der Waals surface area contributed by atoms with Gasteiger partial charge in [-0.1, -0.05) is 28.1 Å². The highest BCUT2D eigenvalue weighted by atomic mass is 79.9. The highest BCUT2D eigenvalue weighted by Crippen LogP contribution is 2.24. The van der Waals surface area contributed by atoms with E-state index in [9.17, 15) is 8.78 Å². The molecule has 1 nitrogen and oxygen atoms in total. The van der Waals surface area contributed by atoms with Crippen molar-refractivity contribution in [2.45, 2.75) is 12.3 Å². The van der Waals surface area contributed by atoms with E-state index in [1.165, 1.54) is 18.2 Å². The van der Waals surface area contributed by atoms with Crippen molar-refractivity contribution in [3.05, 3.63) is 69.7 Å². The molecule has 1 unspecified atom stereocenters. The summed E-state index contributed by atoms with van der Waals surface area (Å²) in [4.78, 5) is 0. The Hall–Kier alpha value is -1.26. The summed E-state index contributed by atoms with van der Waals surface area (Å²) in [5, 5.41) is 0. The van der Waals surface area contributed by atoms with Crippen molar-refractivity contribution in [1.29, 1.82) is 0 Å². The maximum Gasteiger partial charge on any atom is 0.126 e. The fourth-order valence-electron chi connectivity index (χ4n) is 2.06. The van der Waals surface area contributed by atoms with Gasteiger partial charge >= 0.3 is 0 Å². The maximum absolute atomic E-state index is 13.7. The van der Waals surface area contributed by atoms with Crippen LogP contribution >= 0.6 is 15.9 Å². The molecule has 0 aliphatic carbocycles. The van der Waals surface area contributed by atoms with Gasteiger partial charge in [-0.25, -0.2) is 8.78 Å². The molecule has 0 fully saturated rings. The van der Waals surface area contributed by atoms with Crippen LogP contribution in [0, 0.1) is 11.6 Å². The first-order valence-corrected chi connectivity index (χ1v) is 6.79. The maximum atomic E-state index is 13.7. The van der Waals surface area contributed by atoms with Crippen LogP contribution in [-0.2, 0) is 6.42 Å². The van der Waals surface area contributed by atoms with Crippen molar-refractivity contribution in [2.24, 2.45) is 5.73 Å². The third kappa shape index (κ3) is 3.61. The van der Waals surface area contributed by atoms with Gasteiger partial charge in [-0.15, -0.1) is 0 Å². The van der Waals surface area contributed by atoms with Crippen molar-refractivity contribution in [3.8, 4) is 0 Å². The predicted octanol–water partition coefficient (Wildman–Crippen LogP) is 4.01. The molecule has 0 heterocycles. The summed E-state index contributed by atoms with van der Waals surface area (Å²) in [6.07, 6.45) is 0.450. The van der Waals surface area contributed by atoms with Gasteiger partial charge in [-0.2, -0.15) is 0 Å². The summed E-state index contributed by atoms with van der Waals surface area (Å²) < 4.78 is 27.8. The van der Waals surface area contributed by atoms with Crippen molar-refractivity contribution >= 4 is 15.9 Å². The highest BCUT2D eigenvalue weighted by molar-refractivity contribution is 9.10. The minimum Gasteiger partial charge on any atom is -0.330 e. The first-order chi connectivity index (χ1) is 9.10. The van der Waals surface area contributed by atoms with E-state index < -0.39 is 0 Å². The number of rotatable bonds is 4. The van der Waals surface area contributed by atoms with Gasteiger partial charge in [-0.3, -0.25) is 0 Å². The Kier molecular flexibility index (Phi) is 4.66. The summed E-state index contributed by atoms with van der Waals surface area (Å²) >= 11 is 3.32. The third-order valence-corrected chi connectivity index (χ3v) is 3.57. The van der Waals surface area contributed by atoms with E-state index in [2.05, 4.69) is 15.9 Å². The van der Waals surface area contributed by atoms with Crippen LogP contribution in [-0.4, -0.2) is 6.54 Å². The molecule has 2 aromatic rings. The Morgan fingerprint density at radius 3 is 2.58 bits per heavy atom. The van der Waals surface area contributed by atoms with Gasteiger partial charge < -0.3 is 5.73 Å². The second-order valence-corrected chi connectivity index (χ2v) is 5.34. The van der Waals surface area contributed by atoms with E-state index in [0.29, 0.717) is 18.5 Å². The quantitative estimate of drug-likeness (QED) is 0.903. The van der Waals surface area contributed by atoms with E-state index in [4.69, 9.17) is 5.73 Å². The minimum absolute atomic E-state index is 0.0977. The lowest BCUT2D eigenvalue weighted by Gasteiger charge is -2.16. The number of hydrogen-bond acceptors (Lipinski definition) is 1. The standard InChI is InChI=1S/C15H14BrF2N/c16-13-4-5-15(18)11(7-13)6-12(9-19)10-2-1-3-14(17)8-10/h1-5,7-8,12H,6,9,19H2. The molecule has 0 aliphatic heterocycles. The van der Waals surface area contributed by atoms with Gasteiger partial charge in [0.25, 0.3) is 0 Å². The number of halogens is 3. The van der Waals surface area contributed by atoms with Crippen LogP contribution in [0.15, 0.2) is 46.9 Å². The Labute approximate surface area is 119 Å². The van der Waals surface area contributed by atoms with Gasteiger partial charge in [-0.05, 0) is 54.4 Å². The zero-order chi connectivity index (χ0) is 13.8. The second-order valence-electron chi connectivity index (χ2n) is 4.43. The van der Waals surface area contributed by atoms with Crippen LogP contribution in [0.25, 0.3) is 0 Å². The summed E-state index contributed by atoms with van der Waals surface area (Å²) in [6.45, 7) is 0.343. The number of hydrogen-bond donors (Lipinski definition) is 1. The third-order valence-electron chi connectivity index (χ3n) is 3.08. The molecule has 4 heteroatoms. The van der Waals surface area contributed by atoms with Gasteiger partial charge in [0.1, 0.15) is 11.6 Å². The fourth-order valence-corrected chi connectivity index (χ4v) is 2.47. The Balaban J connectivity index is 2.26. The number of nitrogens with two attached hydrogens (primary N) is 1. The van der Waals surface area contributed by atoms with Gasteiger partial charge in [0.2, 0.25) is 0 Å². The van der Waals surface area contributed by atoms with Gasteiger partial charge in [0.15, 0.2) is 0 Å². The molecular weight excluding hydrogens is 312 g/mol. The zero-order valence-electron chi connectivity index (χ0n) is 10.2.